The molecule has 19 heavy (non-hydrogen) atoms. The molecule has 0 saturated carbocycles. The fourth-order valence-electron chi connectivity index (χ4n) is 1.53. The van der Waals surface area contributed by atoms with Crippen molar-refractivity contribution >= 4 is 17.2 Å². The zero-order chi connectivity index (χ0) is 13.8. The lowest BCUT2D eigenvalue weighted by atomic mass is 10.3. The first kappa shape index (κ1) is 12.7. The number of hydrogen-bond acceptors (Lipinski definition) is 6. The normalized spacial score (nSPS) is 10.0. The fourth-order valence-corrected chi connectivity index (χ4v) is 1.53. The monoisotopic (exact) mass is 260 g/mol. The predicted molar refractivity (Wildman–Crippen MR) is 69.7 cm³/mol. The number of nitro groups is 1. The van der Waals surface area contributed by atoms with E-state index in [-0.39, 0.29) is 11.5 Å². The van der Waals surface area contributed by atoms with Gasteiger partial charge < -0.3 is 10.1 Å². The molecular weight excluding hydrogens is 248 g/mol. The highest BCUT2D eigenvalue weighted by Gasteiger charge is 2.16. The average molecular weight is 260 g/mol. The van der Waals surface area contributed by atoms with E-state index in [1.807, 2.05) is 0 Å². The van der Waals surface area contributed by atoms with E-state index in [0.717, 1.165) is 0 Å². The molecule has 0 amide bonds. The summed E-state index contributed by atoms with van der Waals surface area (Å²) >= 11 is 0. The van der Waals surface area contributed by atoms with Crippen LogP contribution in [0, 0.1) is 17.0 Å². The number of nitrogens with zero attached hydrogens (tertiary/aromatic N) is 3. The van der Waals surface area contributed by atoms with E-state index in [2.05, 4.69) is 15.3 Å². The van der Waals surface area contributed by atoms with Crippen LogP contribution in [0.4, 0.5) is 17.2 Å². The highest BCUT2D eigenvalue weighted by atomic mass is 16.6. The molecule has 7 heteroatoms. The molecule has 0 atom stereocenters. The Balaban J connectivity index is 2.36. The molecule has 0 aliphatic rings. The number of aryl methyl sites for hydroxylation is 1. The molecule has 1 aromatic carbocycles. The molecule has 1 aromatic heterocycles. The summed E-state index contributed by atoms with van der Waals surface area (Å²) in [6.07, 6.45) is 1.19. The van der Waals surface area contributed by atoms with Gasteiger partial charge in [-0.05, 0) is 19.1 Å². The van der Waals surface area contributed by atoms with Crippen LogP contribution in [0.25, 0.3) is 0 Å². The molecule has 1 heterocycles. The van der Waals surface area contributed by atoms with Crippen molar-refractivity contribution in [1.29, 1.82) is 0 Å². The van der Waals surface area contributed by atoms with Gasteiger partial charge in [0.15, 0.2) is 0 Å². The Kier molecular flexibility index (Phi) is 3.56. The lowest BCUT2D eigenvalue weighted by Gasteiger charge is -2.07. The highest BCUT2D eigenvalue weighted by Crippen LogP contribution is 2.26. The minimum Gasteiger partial charge on any atom is -0.497 e. The number of aromatic nitrogens is 2. The first-order chi connectivity index (χ1) is 9.10. The van der Waals surface area contributed by atoms with Gasteiger partial charge in [-0.2, -0.15) is 0 Å². The number of anilines is 2. The number of hydrogen-bond donors (Lipinski definition) is 1. The van der Waals surface area contributed by atoms with Crippen LogP contribution in [0.1, 0.15) is 5.82 Å². The first-order valence-corrected chi connectivity index (χ1v) is 5.49. The summed E-state index contributed by atoms with van der Waals surface area (Å²) < 4.78 is 5.09. The van der Waals surface area contributed by atoms with Gasteiger partial charge in [0.2, 0.25) is 5.82 Å². The molecule has 0 bridgehead atoms. The van der Waals surface area contributed by atoms with E-state index in [4.69, 9.17) is 4.74 Å². The summed E-state index contributed by atoms with van der Waals surface area (Å²) in [5, 5.41) is 13.8. The van der Waals surface area contributed by atoms with Crippen molar-refractivity contribution in [2.24, 2.45) is 0 Å². The zero-order valence-electron chi connectivity index (χ0n) is 10.5. The minimum atomic E-state index is -0.526. The number of benzene rings is 1. The van der Waals surface area contributed by atoms with Crippen LogP contribution in [0.3, 0.4) is 0 Å². The molecule has 0 aliphatic carbocycles. The molecule has 0 saturated heterocycles. The van der Waals surface area contributed by atoms with Crippen molar-refractivity contribution in [1.82, 2.24) is 9.97 Å². The van der Waals surface area contributed by atoms with E-state index in [9.17, 15) is 10.1 Å². The predicted octanol–water partition coefficient (Wildman–Crippen LogP) is 2.45. The van der Waals surface area contributed by atoms with Crippen LogP contribution in [-0.4, -0.2) is 22.0 Å². The quantitative estimate of drug-likeness (QED) is 0.670. The molecule has 0 unspecified atom stereocenters. The van der Waals surface area contributed by atoms with Gasteiger partial charge in [-0.3, -0.25) is 10.1 Å². The van der Waals surface area contributed by atoms with Crippen molar-refractivity contribution in [2.75, 3.05) is 12.4 Å². The maximum absolute atomic E-state index is 10.9. The average Bonchev–Trinajstić information content (AvgIpc) is 2.38. The van der Waals surface area contributed by atoms with Gasteiger partial charge >= 0.3 is 5.69 Å². The molecule has 1 N–H and O–H groups in total. The van der Waals surface area contributed by atoms with Gasteiger partial charge in [0.1, 0.15) is 17.8 Å². The number of rotatable bonds is 4. The van der Waals surface area contributed by atoms with Crippen LogP contribution in [0.2, 0.25) is 0 Å². The zero-order valence-corrected chi connectivity index (χ0v) is 10.5. The summed E-state index contributed by atoms with van der Waals surface area (Å²) in [6.45, 7) is 1.67. The van der Waals surface area contributed by atoms with Crippen molar-refractivity contribution in [3.05, 3.63) is 46.4 Å². The molecule has 98 valence electrons. The number of methoxy groups -OCH3 is 1. The SMILES string of the molecule is COc1cccc(Nc2nc(C)ncc2[N+](=O)[O-])c1. The Morgan fingerprint density at radius 1 is 1.42 bits per heavy atom. The van der Waals surface area contributed by atoms with Gasteiger partial charge in [0.05, 0.1) is 12.0 Å². The third kappa shape index (κ3) is 2.95. The highest BCUT2D eigenvalue weighted by molar-refractivity contribution is 5.65. The second kappa shape index (κ2) is 5.30. The minimum absolute atomic E-state index is 0.158. The first-order valence-electron chi connectivity index (χ1n) is 5.49. The molecule has 0 radical (unpaired) electrons. The lowest BCUT2D eigenvalue weighted by Crippen LogP contribution is -2.02. The van der Waals surface area contributed by atoms with E-state index in [1.54, 1.807) is 38.3 Å². The standard InChI is InChI=1S/C12H12N4O3/c1-8-13-7-11(16(17)18)12(14-8)15-9-4-3-5-10(6-9)19-2/h3-7H,1-2H3,(H,13,14,15). The Bertz CT molecular complexity index is 616. The van der Waals surface area contributed by atoms with Crippen LogP contribution in [0.5, 0.6) is 5.75 Å². The number of ether oxygens (including phenoxy) is 1. The summed E-state index contributed by atoms with van der Waals surface area (Å²) in [6, 6.07) is 7.05. The van der Waals surface area contributed by atoms with Gasteiger partial charge in [-0.1, -0.05) is 6.07 Å². The van der Waals surface area contributed by atoms with E-state index < -0.39 is 4.92 Å². The second-order valence-electron chi connectivity index (χ2n) is 3.77. The van der Waals surface area contributed by atoms with Gasteiger partial charge in [-0.15, -0.1) is 0 Å². The van der Waals surface area contributed by atoms with Crippen molar-refractivity contribution < 1.29 is 9.66 Å². The van der Waals surface area contributed by atoms with Crippen LogP contribution in [-0.2, 0) is 0 Å². The third-order valence-electron chi connectivity index (χ3n) is 2.42. The van der Waals surface area contributed by atoms with Gasteiger partial charge in [0.25, 0.3) is 0 Å². The molecule has 0 spiro atoms. The number of nitrogens with one attached hydrogen (secondary N) is 1. The third-order valence-corrected chi connectivity index (χ3v) is 2.42. The van der Waals surface area contributed by atoms with Crippen LogP contribution >= 0.6 is 0 Å². The Hall–Kier alpha value is -2.70. The summed E-state index contributed by atoms with van der Waals surface area (Å²) in [4.78, 5) is 18.2. The molecule has 0 aliphatic heterocycles. The topological polar surface area (TPSA) is 90.2 Å². The molecule has 0 fully saturated rings. The van der Waals surface area contributed by atoms with Crippen LogP contribution < -0.4 is 10.1 Å². The lowest BCUT2D eigenvalue weighted by molar-refractivity contribution is -0.384. The molecule has 2 aromatic rings. The van der Waals surface area contributed by atoms with E-state index in [0.29, 0.717) is 17.3 Å². The van der Waals surface area contributed by atoms with Crippen molar-refractivity contribution in [3.8, 4) is 5.75 Å². The molecule has 7 nitrogen and oxygen atoms in total. The van der Waals surface area contributed by atoms with E-state index in [1.165, 1.54) is 6.20 Å². The largest absolute Gasteiger partial charge is 0.497 e. The van der Waals surface area contributed by atoms with Crippen molar-refractivity contribution in [3.63, 3.8) is 0 Å². The van der Waals surface area contributed by atoms with E-state index >= 15 is 0 Å². The Morgan fingerprint density at radius 3 is 2.89 bits per heavy atom. The smallest absolute Gasteiger partial charge is 0.329 e. The Morgan fingerprint density at radius 2 is 2.21 bits per heavy atom. The Labute approximate surface area is 109 Å². The fraction of sp³-hybridized carbons (Fsp3) is 0.167. The maximum Gasteiger partial charge on any atom is 0.329 e. The summed E-state index contributed by atoms with van der Waals surface area (Å²) in [7, 11) is 1.55. The van der Waals surface area contributed by atoms with Crippen molar-refractivity contribution in [2.45, 2.75) is 6.92 Å². The second-order valence-corrected chi connectivity index (χ2v) is 3.77. The van der Waals surface area contributed by atoms with Gasteiger partial charge in [-0.25, -0.2) is 9.97 Å². The summed E-state index contributed by atoms with van der Waals surface area (Å²) in [5.74, 6) is 1.26. The molecular formula is C12H12N4O3. The van der Waals surface area contributed by atoms with Gasteiger partial charge in [0, 0.05) is 11.8 Å². The van der Waals surface area contributed by atoms with Crippen LogP contribution in [0.15, 0.2) is 30.5 Å². The maximum atomic E-state index is 10.9. The molecule has 2 rings (SSSR count). The summed E-state index contributed by atoms with van der Waals surface area (Å²) in [5.41, 5.74) is 0.481.